The van der Waals surface area contributed by atoms with Crippen molar-refractivity contribution in [2.24, 2.45) is 11.8 Å². The highest BCUT2D eigenvalue weighted by Crippen LogP contribution is 2.31. The molecule has 3 amide bonds. The minimum Gasteiger partial charge on any atom is -0.481 e. The highest BCUT2D eigenvalue weighted by Gasteiger charge is 2.32. The number of amides is 3. The Kier molecular flexibility index (Phi) is 5.57. The molecule has 0 heterocycles. The minimum atomic E-state index is -0.769. The van der Waals surface area contributed by atoms with Crippen LogP contribution in [0.2, 0.25) is 0 Å². The van der Waals surface area contributed by atoms with Crippen LogP contribution in [0.1, 0.15) is 19.3 Å². The van der Waals surface area contributed by atoms with E-state index in [0.29, 0.717) is 13.0 Å². The van der Waals surface area contributed by atoms with E-state index in [-0.39, 0.29) is 18.4 Å². The first kappa shape index (κ1) is 14.4. The average molecular weight is 257 g/mol. The zero-order chi connectivity index (χ0) is 13.5. The summed E-state index contributed by atoms with van der Waals surface area (Å²) in [5.74, 6) is -1.46. The monoisotopic (exact) mass is 257 g/mol. The molecule has 4 N–H and O–H groups in total. The van der Waals surface area contributed by atoms with Crippen molar-refractivity contribution < 1.29 is 19.5 Å². The van der Waals surface area contributed by atoms with E-state index >= 15 is 0 Å². The molecule has 18 heavy (non-hydrogen) atoms. The molecule has 0 aromatic carbocycles. The Balaban J connectivity index is 2.23. The van der Waals surface area contributed by atoms with Gasteiger partial charge in [0.2, 0.25) is 5.91 Å². The second kappa shape index (κ2) is 6.95. The molecule has 2 unspecified atom stereocenters. The summed E-state index contributed by atoms with van der Waals surface area (Å²) in [7, 11) is 1.42. The fourth-order valence-electron chi connectivity index (χ4n) is 2.21. The van der Waals surface area contributed by atoms with Crippen LogP contribution in [0.25, 0.3) is 0 Å². The highest BCUT2D eigenvalue weighted by atomic mass is 16.4. The maximum Gasteiger partial charge on any atom is 0.321 e. The molecule has 1 aliphatic rings. The molecule has 0 bridgehead atoms. The lowest BCUT2D eigenvalue weighted by Gasteiger charge is -2.16. The van der Waals surface area contributed by atoms with Crippen molar-refractivity contribution in [1.82, 2.24) is 16.0 Å². The van der Waals surface area contributed by atoms with Crippen LogP contribution < -0.4 is 16.0 Å². The smallest absolute Gasteiger partial charge is 0.321 e. The lowest BCUT2D eigenvalue weighted by atomic mass is 9.96. The van der Waals surface area contributed by atoms with Gasteiger partial charge in [-0.3, -0.25) is 14.9 Å². The third-order valence-corrected chi connectivity index (χ3v) is 3.15. The van der Waals surface area contributed by atoms with Crippen molar-refractivity contribution in [1.29, 1.82) is 0 Å². The van der Waals surface area contributed by atoms with E-state index in [9.17, 15) is 14.4 Å². The number of carboxylic acids is 1. The van der Waals surface area contributed by atoms with Crippen molar-refractivity contribution >= 4 is 17.9 Å². The summed E-state index contributed by atoms with van der Waals surface area (Å²) >= 11 is 0. The molecule has 7 nitrogen and oxygen atoms in total. The lowest BCUT2D eigenvalue weighted by Crippen LogP contribution is -2.43. The summed E-state index contributed by atoms with van der Waals surface area (Å²) in [6.07, 6.45) is 2.47. The van der Waals surface area contributed by atoms with Crippen LogP contribution in [-0.2, 0) is 9.59 Å². The van der Waals surface area contributed by atoms with Crippen molar-refractivity contribution in [2.75, 3.05) is 20.1 Å². The quantitative estimate of drug-likeness (QED) is 0.532. The van der Waals surface area contributed by atoms with E-state index in [4.69, 9.17) is 5.11 Å². The van der Waals surface area contributed by atoms with E-state index in [2.05, 4.69) is 16.0 Å². The molecule has 1 aliphatic carbocycles. The molecule has 7 heteroatoms. The number of carboxylic acid groups (broad SMARTS) is 1. The van der Waals surface area contributed by atoms with Crippen LogP contribution in [0.3, 0.4) is 0 Å². The van der Waals surface area contributed by atoms with Gasteiger partial charge < -0.3 is 15.7 Å². The van der Waals surface area contributed by atoms with Gasteiger partial charge in [0.15, 0.2) is 0 Å². The number of carbonyl (C=O) groups excluding carboxylic acids is 2. The molecule has 0 saturated heterocycles. The largest absolute Gasteiger partial charge is 0.481 e. The highest BCUT2D eigenvalue weighted by molar-refractivity contribution is 5.95. The number of hydrogen-bond donors (Lipinski definition) is 4. The third-order valence-electron chi connectivity index (χ3n) is 3.15. The van der Waals surface area contributed by atoms with Gasteiger partial charge >= 0.3 is 12.0 Å². The summed E-state index contributed by atoms with van der Waals surface area (Å²) in [5.41, 5.74) is 0. The van der Waals surface area contributed by atoms with Gasteiger partial charge in [-0.1, -0.05) is 6.42 Å². The molecule has 0 aliphatic heterocycles. The van der Waals surface area contributed by atoms with E-state index in [1.54, 1.807) is 0 Å². The molecule has 2 atom stereocenters. The van der Waals surface area contributed by atoms with Crippen molar-refractivity contribution in [2.45, 2.75) is 19.3 Å². The number of urea groups is 1. The van der Waals surface area contributed by atoms with E-state index in [1.165, 1.54) is 7.05 Å². The van der Waals surface area contributed by atoms with Crippen LogP contribution in [0, 0.1) is 11.8 Å². The maximum absolute atomic E-state index is 11.3. The topological polar surface area (TPSA) is 108 Å². The Bertz CT molecular complexity index is 332. The predicted octanol–water partition coefficient (Wildman–Crippen LogP) is -0.467. The van der Waals surface area contributed by atoms with Gasteiger partial charge in [0.25, 0.3) is 0 Å². The lowest BCUT2D eigenvalue weighted by molar-refractivity contribution is -0.142. The van der Waals surface area contributed by atoms with Gasteiger partial charge in [-0.2, -0.15) is 0 Å². The zero-order valence-electron chi connectivity index (χ0n) is 10.4. The second-order valence-electron chi connectivity index (χ2n) is 4.39. The number of rotatable bonds is 5. The van der Waals surface area contributed by atoms with E-state index in [0.717, 1.165) is 12.8 Å². The van der Waals surface area contributed by atoms with Gasteiger partial charge in [-0.25, -0.2) is 4.79 Å². The van der Waals surface area contributed by atoms with Gasteiger partial charge in [-0.05, 0) is 25.3 Å². The molecule has 0 spiro atoms. The average Bonchev–Trinajstić information content (AvgIpc) is 2.77. The van der Waals surface area contributed by atoms with E-state index < -0.39 is 17.9 Å². The number of imide groups is 1. The predicted molar refractivity (Wildman–Crippen MR) is 63.9 cm³/mol. The summed E-state index contributed by atoms with van der Waals surface area (Å²) < 4.78 is 0. The number of hydrogen-bond acceptors (Lipinski definition) is 4. The van der Waals surface area contributed by atoms with Crippen LogP contribution in [0.4, 0.5) is 4.79 Å². The molecular weight excluding hydrogens is 238 g/mol. The Morgan fingerprint density at radius 2 is 2.00 bits per heavy atom. The Morgan fingerprint density at radius 1 is 1.28 bits per heavy atom. The van der Waals surface area contributed by atoms with Gasteiger partial charge in [0, 0.05) is 7.05 Å². The van der Waals surface area contributed by atoms with Crippen molar-refractivity contribution in [3.05, 3.63) is 0 Å². The number of nitrogens with one attached hydrogen (secondary N) is 3. The SMILES string of the molecule is CNC(=O)NC(=O)CNCC1CCCC1C(=O)O. The fourth-order valence-corrected chi connectivity index (χ4v) is 2.21. The van der Waals surface area contributed by atoms with Crippen molar-refractivity contribution in [3.63, 3.8) is 0 Å². The fraction of sp³-hybridized carbons (Fsp3) is 0.727. The summed E-state index contributed by atoms with van der Waals surface area (Å²) in [6.45, 7) is 0.494. The van der Waals surface area contributed by atoms with Gasteiger partial charge in [-0.15, -0.1) is 0 Å². The summed E-state index contributed by atoms with van der Waals surface area (Å²) in [6, 6.07) is -0.550. The molecule has 1 fully saturated rings. The molecule has 0 radical (unpaired) electrons. The van der Waals surface area contributed by atoms with Gasteiger partial charge in [0.05, 0.1) is 12.5 Å². The summed E-state index contributed by atoms with van der Waals surface area (Å²) in [5, 5.41) is 16.3. The van der Waals surface area contributed by atoms with Crippen molar-refractivity contribution in [3.8, 4) is 0 Å². The van der Waals surface area contributed by atoms with Crippen LogP contribution >= 0.6 is 0 Å². The first-order chi connectivity index (χ1) is 8.54. The molecule has 1 rings (SSSR count). The van der Waals surface area contributed by atoms with Gasteiger partial charge in [0.1, 0.15) is 0 Å². The Hall–Kier alpha value is -1.63. The molecule has 102 valence electrons. The van der Waals surface area contributed by atoms with E-state index in [1.807, 2.05) is 0 Å². The third kappa shape index (κ3) is 4.33. The molecule has 1 saturated carbocycles. The standard InChI is InChI=1S/C11H19N3O4/c1-12-11(18)14-9(15)6-13-5-7-3-2-4-8(7)10(16)17/h7-8,13H,2-6H2,1H3,(H,16,17)(H2,12,14,15,18). The molecular formula is C11H19N3O4. The normalized spacial score (nSPS) is 22.5. The molecule has 0 aromatic heterocycles. The first-order valence-corrected chi connectivity index (χ1v) is 5.99. The second-order valence-corrected chi connectivity index (χ2v) is 4.39. The Morgan fingerprint density at radius 3 is 2.61 bits per heavy atom. The van der Waals surface area contributed by atoms with Crippen LogP contribution in [-0.4, -0.2) is 43.2 Å². The number of carbonyl (C=O) groups is 3. The zero-order valence-corrected chi connectivity index (χ0v) is 10.4. The first-order valence-electron chi connectivity index (χ1n) is 5.99. The van der Waals surface area contributed by atoms with Crippen LogP contribution in [0.5, 0.6) is 0 Å². The molecule has 0 aromatic rings. The Labute approximate surface area is 105 Å². The number of aliphatic carboxylic acids is 1. The minimum absolute atomic E-state index is 0.0102. The summed E-state index contributed by atoms with van der Waals surface area (Å²) in [4.78, 5) is 33.0. The maximum atomic E-state index is 11.3. The van der Waals surface area contributed by atoms with Crippen LogP contribution in [0.15, 0.2) is 0 Å².